The fourth-order valence-electron chi connectivity index (χ4n) is 1.93. The highest BCUT2D eigenvalue weighted by molar-refractivity contribution is 4.90. The number of aliphatic hydroxyl groups is 1. The maximum absolute atomic E-state index is 9.48. The molecule has 0 aromatic rings. The zero-order valence-corrected chi connectivity index (χ0v) is 8.52. The van der Waals surface area contributed by atoms with Gasteiger partial charge in [-0.1, -0.05) is 13.3 Å². The Morgan fingerprint density at radius 1 is 1.50 bits per heavy atom. The maximum Gasteiger partial charge on any atom is 0.160 e. The molecule has 0 bridgehead atoms. The second-order valence-electron chi connectivity index (χ2n) is 3.93. The number of hydrogen-bond acceptors (Lipinski definition) is 4. The summed E-state index contributed by atoms with van der Waals surface area (Å²) < 4.78 is 16.4. The normalized spacial score (nSPS) is 41.6. The number of fused-ring (bicyclic) bond motifs is 1. The van der Waals surface area contributed by atoms with Gasteiger partial charge in [0.25, 0.3) is 0 Å². The minimum absolute atomic E-state index is 0.0385. The number of ether oxygens (including phenoxy) is 3. The van der Waals surface area contributed by atoms with Crippen LogP contribution >= 0.6 is 0 Å². The van der Waals surface area contributed by atoms with Crippen molar-refractivity contribution in [3.05, 3.63) is 0 Å². The maximum atomic E-state index is 9.48. The topological polar surface area (TPSA) is 47.9 Å². The van der Waals surface area contributed by atoms with Crippen LogP contribution in [0.15, 0.2) is 0 Å². The molecule has 0 saturated carbocycles. The van der Waals surface area contributed by atoms with Crippen molar-refractivity contribution in [1.82, 2.24) is 0 Å². The van der Waals surface area contributed by atoms with E-state index in [0.717, 1.165) is 25.9 Å². The smallest absolute Gasteiger partial charge is 0.160 e. The molecule has 0 aliphatic carbocycles. The van der Waals surface area contributed by atoms with E-state index in [9.17, 15) is 5.11 Å². The van der Waals surface area contributed by atoms with Gasteiger partial charge in [0.15, 0.2) is 6.29 Å². The average Bonchev–Trinajstić information content (AvgIpc) is 2.70. The van der Waals surface area contributed by atoms with Crippen molar-refractivity contribution in [2.45, 2.75) is 50.8 Å². The predicted octanol–water partition coefficient (Wildman–Crippen LogP) is 0.678. The van der Waals surface area contributed by atoms with Crippen LogP contribution in [0.2, 0.25) is 0 Å². The number of aliphatic hydroxyl groups excluding tert-OH is 1. The van der Waals surface area contributed by atoms with Gasteiger partial charge in [-0.15, -0.1) is 0 Å². The molecule has 2 rings (SSSR count). The van der Waals surface area contributed by atoms with Crippen LogP contribution in [0.1, 0.15) is 26.2 Å². The Kier molecular flexibility index (Phi) is 3.38. The van der Waals surface area contributed by atoms with Crippen molar-refractivity contribution < 1.29 is 19.3 Å². The van der Waals surface area contributed by atoms with Crippen molar-refractivity contribution in [1.29, 1.82) is 0 Å². The van der Waals surface area contributed by atoms with Gasteiger partial charge in [-0.05, 0) is 6.42 Å². The van der Waals surface area contributed by atoms with Crippen molar-refractivity contribution in [2.75, 3.05) is 13.2 Å². The lowest BCUT2D eigenvalue weighted by Crippen LogP contribution is -2.27. The first-order chi connectivity index (χ1) is 6.81. The van der Waals surface area contributed by atoms with Gasteiger partial charge in [-0.25, -0.2) is 0 Å². The second-order valence-corrected chi connectivity index (χ2v) is 3.93. The molecule has 0 spiro atoms. The van der Waals surface area contributed by atoms with E-state index >= 15 is 0 Å². The fourth-order valence-corrected chi connectivity index (χ4v) is 1.93. The van der Waals surface area contributed by atoms with Gasteiger partial charge in [-0.3, -0.25) is 0 Å². The Labute approximate surface area is 84.1 Å². The molecule has 2 fully saturated rings. The van der Waals surface area contributed by atoms with Crippen LogP contribution in [0.25, 0.3) is 0 Å². The molecule has 2 aliphatic rings. The van der Waals surface area contributed by atoms with Crippen LogP contribution in [-0.2, 0) is 14.2 Å². The van der Waals surface area contributed by atoms with E-state index < -0.39 is 6.10 Å². The van der Waals surface area contributed by atoms with Crippen LogP contribution in [0, 0.1) is 0 Å². The van der Waals surface area contributed by atoms with E-state index in [4.69, 9.17) is 14.2 Å². The van der Waals surface area contributed by atoms with Gasteiger partial charge < -0.3 is 19.3 Å². The molecule has 2 saturated heterocycles. The number of unbranched alkanes of at least 4 members (excludes halogenated alkanes) is 1. The third-order valence-corrected chi connectivity index (χ3v) is 2.76. The molecule has 14 heavy (non-hydrogen) atoms. The Morgan fingerprint density at radius 2 is 2.36 bits per heavy atom. The molecule has 82 valence electrons. The minimum Gasteiger partial charge on any atom is -0.388 e. The molecule has 2 aliphatic heterocycles. The summed E-state index contributed by atoms with van der Waals surface area (Å²) in [6.45, 7) is 3.26. The van der Waals surface area contributed by atoms with Gasteiger partial charge in [0.05, 0.1) is 12.7 Å². The van der Waals surface area contributed by atoms with Gasteiger partial charge >= 0.3 is 0 Å². The summed E-state index contributed by atoms with van der Waals surface area (Å²) in [5, 5.41) is 9.48. The average molecular weight is 202 g/mol. The Hall–Kier alpha value is -0.160. The number of rotatable bonds is 4. The summed E-state index contributed by atoms with van der Waals surface area (Å²) in [6.07, 6.45) is 2.16. The minimum atomic E-state index is -0.472. The zero-order valence-electron chi connectivity index (χ0n) is 8.52. The van der Waals surface area contributed by atoms with Crippen LogP contribution in [0.4, 0.5) is 0 Å². The highest BCUT2D eigenvalue weighted by atomic mass is 16.7. The number of hydrogen-bond donors (Lipinski definition) is 1. The first kappa shape index (κ1) is 10.4. The van der Waals surface area contributed by atoms with Crippen LogP contribution < -0.4 is 0 Å². The molecule has 4 heteroatoms. The molecule has 0 unspecified atom stereocenters. The van der Waals surface area contributed by atoms with Gasteiger partial charge in [0.1, 0.15) is 12.2 Å². The van der Waals surface area contributed by atoms with Crippen LogP contribution in [0.5, 0.6) is 0 Å². The van der Waals surface area contributed by atoms with E-state index in [1.54, 1.807) is 0 Å². The molecule has 0 aromatic carbocycles. The summed E-state index contributed by atoms with van der Waals surface area (Å²) in [5.41, 5.74) is 0. The summed E-state index contributed by atoms with van der Waals surface area (Å²) in [6, 6.07) is 0. The van der Waals surface area contributed by atoms with Gasteiger partial charge in [0, 0.05) is 13.0 Å². The Balaban J connectivity index is 1.72. The lowest BCUT2D eigenvalue weighted by Gasteiger charge is -2.14. The highest BCUT2D eigenvalue weighted by Gasteiger charge is 2.45. The monoisotopic (exact) mass is 202 g/mol. The molecule has 4 nitrogen and oxygen atoms in total. The van der Waals surface area contributed by atoms with E-state index in [2.05, 4.69) is 6.92 Å². The van der Waals surface area contributed by atoms with Crippen molar-refractivity contribution in [3.8, 4) is 0 Å². The first-order valence-electron chi connectivity index (χ1n) is 5.38. The van der Waals surface area contributed by atoms with Gasteiger partial charge in [-0.2, -0.15) is 0 Å². The fraction of sp³-hybridized carbons (Fsp3) is 1.00. The quantitative estimate of drug-likeness (QED) is 0.681. The van der Waals surface area contributed by atoms with E-state index in [0.29, 0.717) is 6.61 Å². The SMILES string of the molecule is CCCCO[C@H]1C[C@H]2OC[C@@H](O)[C@H]2O1. The van der Waals surface area contributed by atoms with Crippen LogP contribution in [0.3, 0.4) is 0 Å². The third kappa shape index (κ3) is 2.08. The standard InChI is InChI=1S/C10H18O4/c1-2-3-4-12-9-5-8-10(14-9)7(11)6-13-8/h7-11H,2-6H2,1H3/t7-,8-,9-,10-/m1/s1. The molecule has 0 aromatic heterocycles. The molecule has 0 radical (unpaired) electrons. The summed E-state index contributed by atoms with van der Waals surface area (Å²) in [7, 11) is 0. The summed E-state index contributed by atoms with van der Waals surface area (Å²) >= 11 is 0. The second kappa shape index (κ2) is 4.57. The Bertz CT molecular complexity index is 185. The summed E-state index contributed by atoms with van der Waals surface area (Å²) in [5.74, 6) is 0. The first-order valence-corrected chi connectivity index (χ1v) is 5.38. The van der Waals surface area contributed by atoms with E-state index in [-0.39, 0.29) is 18.5 Å². The molecule has 4 atom stereocenters. The van der Waals surface area contributed by atoms with Crippen molar-refractivity contribution in [3.63, 3.8) is 0 Å². The lowest BCUT2D eigenvalue weighted by molar-refractivity contribution is -0.150. The van der Waals surface area contributed by atoms with Gasteiger partial charge in [0.2, 0.25) is 0 Å². The highest BCUT2D eigenvalue weighted by Crippen LogP contribution is 2.31. The molecular weight excluding hydrogens is 184 g/mol. The predicted molar refractivity (Wildman–Crippen MR) is 49.9 cm³/mol. The Morgan fingerprint density at radius 3 is 3.07 bits per heavy atom. The van der Waals surface area contributed by atoms with Crippen molar-refractivity contribution in [2.24, 2.45) is 0 Å². The van der Waals surface area contributed by atoms with Crippen molar-refractivity contribution >= 4 is 0 Å². The molecular formula is C10H18O4. The molecule has 1 N–H and O–H groups in total. The summed E-state index contributed by atoms with van der Waals surface area (Å²) in [4.78, 5) is 0. The lowest BCUT2D eigenvalue weighted by atomic mass is 10.1. The van der Waals surface area contributed by atoms with Crippen LogP contribution in [-0.4, -0.2) is 42.9 Å². The zero-order chi connectivity index (χ0) is 9.97. The van der Waals surface area contributed by atoms with E-state index in [1.807, 2.05) is 0 Å². The molecule has 2 heterocycles. The largest absolute Gasteiger partial charge is 0.388 e. The van der Waals surface area contributed by atoms with E-state index in [1.165, 1.54) is 0 Å². The third-order valence-electron chi connectivity index (χ3n) is 2.76. The molecule has 0 amide bonds.